The van der Waals surface area contributed by atoms with Crippen LogP contribution < -0.4 is 0 Å². The van der Waals surface area contributed by atoms with Gasteiger partial charge in [-0.15, -0.1) is 0 Å². The largest absolute Gasteiger partial charge is 0.462 e. The van der Waals surface area contributed by atoms with Crippen LogP contribution in [-0.4, -0.2) is 37.2 Å². The van der Waals surface area contributed by atoms with Crippen molar-refractivity contribution in [2.45, 2.75) is 336 Å². The van der Waals surface area contributed by atoms with Crippen LogP contribution in [0.3, 0.4) is 0 Å². The van der Waals surface area contributed by atoms with Crippen LogP contribution in [0, 0.1) is 11.8 Å². The Balaban J connectivity index is 4.27. The molecule has 65 heavy (non-hydrogen) atoms. The van der Waals surface area contributed by atoms with E-state index in [0.29, 0.717) is 19.3 Å². The average Bonchev–Trinajstić information content (AvgIpc) is 3.30. The van der Waals surface area contributed by atoms with Gasteiger partial charge in [0.05, 0.1) is 0 Å². The van der Waals surface area contributed by atoms with Crippen molar-refractivity contribution < 1.29 is 28.6 Å². The SMILES string of the molecule is CCCCCCCCCCCCCCCCCCCC(=O)OC[C@H](COC(=O)CCCCCCCCCCCCCCCCC(C)CC)OC(=O)CCCCCCCCCCC(C)CC. The maximum Gasteiger partial charge on any atom is 0.306 e. The van der Waals surface area contributed by atoms with Crippen molar-refractivity contribution in [2.24, 2.45) is 11.8 Å². The van der Waals surface area contributed by atoms with Gasteiger partial charge < -0.3 is 14.2 Å². The van der Waals surface area contributed by atoms with Gasteiger partial charge in [-0.2, -0.15) is 0 Å². The van der Waals surface area contributed by atoms with Crippen molar-refractivity contribution in [3.63, 3.8) is 0 Å². The Hall–Kier alpha value is -1.59. The van der Waals surface area contributed by atoms with Crippen LogP contribution in [0.2, 0.25) is 0 Å². The molecule has 3 atom stereocenters. The van der Waals surface area contributed by atoms with Crippen molar-refractivity contribution in [2.75, 3.05) is 13.2 Å². The highest BCUT2D eigenvalue weighted by atomic mass is 16.6. The van der Waals surface area contributed by atoms with E-state index in [1.54, 1.807) is 0 Å². The summed E-state index contributed by atoms with van der Waals surface area (Å²) in [5.41, 5.74) is 0. The highest BCUT2D eigenvalue weighted by molar-refractivity contribution is 5.71. The fourth-order valence-electron chi connectivity index (χ4n) is 8.99. The van der Waals surface area contributed by atoms with Crippen molar-refractivity contribution in [1.82, 2.24) is 0 Å². The monoisotopic (exact) mass is 919 g/mol. The minimum atomic E-state index is -0.763. The molecule has 6 heteroatoms. The number of rotatable bonds is 53. The molecule has 0 radical (unpaired) electrons. The third-order valence-electron chi connectivity index (χ3n) is 14.2. The molecule has 0 aliphatic heterocycles. The van der Waals surface area contributed by atoms with E-state index in [2.05, 4.69) is 34.6 Å². The highest BCUT2D eigenvalue weighted by Gasteiger charge is 2.19. The fourth-order valence-corrected chi connectivity index (χ4v) is 8.99. The van der Waals surface area contributed by atoms with E-state index >= 15 is 0 Å². The summed E-state index contributed by atoms with van der Waals surface area (Å²) in [5, 5.41) is 0. The maximum absolute atomic E-state index is 12.8. The summed E-state index contributed by atoms with van der Waals surface area (Å²) < 4.78 is 16.9. The first kappa shape index (κ1) is 63.4. The first-order chi connectivity index (χ1) is 31.8. The second-order valence-corrected chi connectivity index (χ2v) is 20.8. The molecule has 0 aliphatic rings. The van der Waals surface area contributed by atoms with Gasteiger partial charge in [0, 0.05) is 19.3 Å². The number of hydrogen-bond donors (Lipinski definition) is 0. The third-order valence-corrected chi connectivity index (χ3v) is 14.2. The van der Waals surface area contributed by atoms with E-state index < -0.39 is 6.10 Å². The second-order valence-electron chi connectivity index (χ2n) is 20.8. The van der Waals surface area contributed by atoms with Crippen molar-refractivity contribution >= 4 is 17.9 Å². The van der Waals surface area contributed by atoms with Gasteiger partial charge >= 0.3 is 17.9 Å². The lowest BCUT2D eigenvalue weighted by Gasteiger charge is -2.18. The van der Waals surface area contributed by atoms with E-state index in [0.717, 1.165) is 69.6 Å². The highest BCUT2D eigenvalue weighted by Crippen LogP contribution is 2.19. The summed E-state index contributed by atoms with van der Waals surface area (Å²) in [5.74, 6) is 0.900. The summed E-state index contributed by atoms with van der Waals surface area (Å²) in [4.78, 5) is 38.1. The number of ether oxygens (including phenoxy) is 3. The van der Waals surface area contributed by atoms with Gasteiger partial charge in [-0.05, 0) is 31.1 Å². The second kappa shape index (κ2) is 51.8. The molecule has 0 saturated carbocycles. The molecule has 0 fully saturated rings. The summed E-state index contributed by atoms with van der Waals surface area (Å²) >= 11 is 0. The van der Waals surface area contributed by atoms with Crippen LogP contribution >= 0.6 is 0 Å². The number of carbonyl (C=O) groups is 3. The number of unbranched alkanes of at least 4 members (excludes halogenated alkanes) is 36. The molecule has 0 aromatic heterocycles. The molecule has 0 spiro atoms. The third kappa shape index (κ3) is 50.1. The van der Waals surface area contributed by atoms with Crippen molar-refractivity contribution in [1.29, 1.82) is 0 Å². The number of hydrogen-bond acceptors (Lipinski definition) is 6. The van der Waals surface area contributed by atoms with E-state index in [1.807, 2.05) is 0 Å². The lowest BCUT2D eigenvalue weighted by atomic mass is 9.99. The van der Waals surface area contributed by atoms with E-state index in [9.17, 15) is 14.4 Å². The molecule has 0 bridgehead atoms. The van der Waals surface area contributed by atoms with Crippen LogP contribution in [0.15, 0.2) is 0 Å². The quantitative estimate of drug-likeness (QED) is 0.0344. The molecule has 386 valence electrons. The smallest absolute Gasteiger partial charge is 0.306 e. The van der Waals surface area contributed by atoms with E-state index in [4.69, 9.17) is 14.2 Å². The van der Waals surface area contributed by atoms with Gasteiger partial charge in [0.15, 0.2) is 6.10 Å². The minimum absolute atomic E-state index is 0.0631. The minimum Gasteiger partial charge on any atom is -0.462 e. The Labute approximate surface area is 406 Å². The van der Waals surface area contributed by atoms with Gasteiger partial charge in [-0.25, -0.2) is 0 Å². The standard InChI is InChI=1S/C59H114O6/c1-6-9-10-11-12-13-14-15-16-17-18-22-25-28-34-39-44-49-57(60)63-52-56(65-59(62)51-46-41-36-31-30-33-38-43-48-55(5)8-3)53-64-58(61)50-45-40-35-29-26-23-20-19-21-24-27-32-37-42-47-54(4)7-2/h54-56H,6-53H2,1-5H3/t54?,55?,56-/m1/s1. The normalized spacial score (nSPS) is 12.9. The first-order valence-electron chi connectivity index (χ1n) is 29.3. The van der Waals surface area contributed by atoms with Gasteiger partial charge in [0.2, 0.25) is 0 Å². The van der Waals surface area contributed by atoms with Gasteiger partial charge in [0.1, 0.15) is 13.2 Å². The Morgan fingerprint density at radius 3 is 0.800 bits per heavy atom. The Bertz CT molecular complexity index is 997. The number of carbonyl (C=O) groups excluding carboxylic acids is 3. The average molecular weight is 920 g/mol. The molecule has 0 aromatic rings. The predicted octanol–water partition coefficient (Wildman–Crippen LogP) is 19.3. The van der Waals surface area contributed by atoms with Crippen LogP contribution in [0.5, 0.6) is 0 Å². The summed E-state index contributed by atoms with van der Waals surface area (Å²) in [6.45, 7) is 11.5. The predicted molar refractivity (Wildman–Crippen MR) is 280 cm³/mol. The van der Waals surface area contributed by atoms with Crippen molar-refractivity contribution in [3.05, 3.63) is 0 Å². The Morgan fingerprint density at radius 2 is 0.538 bits per heavy atom. The topological polar surface area (TPSA) is 78.9 Å². The summed E-state index contributed by atoms with van der Waals surface area (Å²) in [7, 11) is 0. The zero-order valence-electron chi connectivity index (χ0n) is 44.6. The molecule has 2 unspecified atom stereocenters. The zero-order chi connectivity index (χ0) is 47.5. The molecule has 0 heterocycles. The van der Waals surface area contributed by atoms with Gasteiger partial charge in [0.25, 0.3) is 0 Å². The summed E-state index contributed by atoms with van der Waals surface area (Å²) in [6, 6.07) is 0. The molecule has 0 aliphatic carbocycles. The Morgan fingerprint density at radius 1 is 0.308 bits per heavy atom. The van der Waals surface area contributed by atoms with Crippen LogP contribution in [0.1, 0.15) is 330 Å². The van der Waals surface area contributed by atoms with E-state index in [-0.39, 0.29) is 31.1 Å². The molecular formula is C59H114O6. The molecular weight excluding hydrogens is 805 g/mol. The fraction of sp³-hybridized carbons (Fsp3) is 0.949. The molecule has 0 rings (SSSR count). The van der Waals surface area contributed by atoms with Crippen LogP contribution in [0.25, 0.3) is 0 Å². The van der Waals surface area contributed by atoms with Crippen LogP contribution in [0.4, 0.5) is 0 Å². The molecule has 0 aromatic carbocycles. The molecule has 0 saturated heterocycles. The van der Waals surface area contributed by atoms with Gasteiger partial charge in [-0.3, -0.25) is 14.4 Å². The Kier molecular flexibility index (Phi) is 50.5. The lowest BCUT2D eigenvalue weighted by molar-refractivity contribution is -0.167. The van der Waals surface area contributed by atoms with Crippen LogP contribution in [-0.2, 0) is 28.6 Å². The molecule has 0 amide bonds. The lowest BCUT2D eigenvalue weighted by Crippen LogP contribution is -2.30. The summed E-state index contributed by atoms with van der Waals surface area (Å²) in [6.07, 6.45) is 55.1. The maximum atomic E-state index is 12.8. The molecule has 6 nitrogen and oxygen atoms in total. The number of esters is 3. The first-order valence-corrected chi connectivity index (χ1v) is 29.3. The van der Waals surface area contributed by atoms with Gasteiger partial charge in [-0.1, -0.05) is 291 Å². The van der Waals surface area contributed by atoms with E-state index in [1.165, 1.54) is 218 Å². The van der Waals surface area contributed by atoms with Crippen molar-refractivity contribution in [3.8, 4) is 0 Å². The molecule has 0 N–H and O–H groups in total. The zero-order valence-corrected chi connectivity index (χ0v) is 44.6.